The first-order valence-electron chi connectivity index (χ1n) is 7.56. The third kappa shape index (κ3) is 6.99. The average Bonchev–Trinajstić information content (AvgIpc) is 2.46. The largest absolute Gasteiger partial charge is 0.494 e. The minimum absolute atomic E-state index is 0.142. The van der Waals surface area contributed by atoms with Crippen molar-refractivity contribution >= 4 is 11.6 Å². The van der Waals surface area contributed by atoms with Gasteiger partial charge in [0.2, 0.25) is 0 Å². The molecule has 0 fully saturated rings. The Kier molecular flexibility index (Phi) is 8.28. The van der Waals surface area contributed by atoms with E-state index in [1.165, 1.54) is 0 Å². The zero-order valence-electron chi connectivity index (χ0n) is 13.0. The lowest BCUT2D eigenvalue weighted by atomic mass is 10.1. The molecule has 0 aliphatic heterocycles. The first-order chi connectivity index (χ1) is 10.2. The van der Waals surface area contributed by atoms with Crippen LogP contribution in [-0.2, 0) is 4.74 Å². The molecule has 0 unspecified atom stereocenters. The molecule has 0 aliphatic carbocycles. The summed E-state index contributed by atoms with van der Waals surface area (Å²) >= 11 is 0. The van der Waals surface area contributed by atoms with Crippen LogP contribution >= 0.6 is 0 Å². The lowest BCUT2D eigenvalue weighted by molar-refractivity contribution is 0.0940. The van der Waals surface area contributed by atoms with Gasteiger partial charge in [-0.05, 0) is 31.9 Å². The van der Waals surface area contributed by atoms with E-state index in [4.69, 9.17) is 15.2 Å². The van der Waals surface area contributed by atoms with Crippen LogP contribution in [0.25, 0.3) is 0 Å². The molecule has 0 aromatic heterocycles. The predicted molar refractivity (Wildman–Crippen MR) is 84.7 cm³/mol. The summed E-state index contributed by atoms with van der Waals surface area (Å²) < 4.78 is 10.8. The fourth-order valence-corrected chi connectivity index (χ4v) is 1.83. The number of carbonyl (C=O) groups excluding carboxylic acids is 1. The number of amides is 1. The molecule has 0 spiro atoms. The lowest BCUT2D eigenvalue weighted by Gasteiger charge is -2.09. The molecule has 0 atom stereocenters. The Hall–Kier alpha value is -1.75. The summed E-state index contributed by atoms with van der Waals surface area (Å²) in [5.74, 6) is 0.474. The molecule has 0 saturated heterocycles. The van der Waals surface area contributed by atoms with Gasteiger partial charge in [0.05, 0.1) is 6.61 Å². The molecule has 0 radical (unpaired) electrons. The molecule has 21 heavy (non-hydrogen) atoms. The van der Waals surface area contributed by atoms with Crippen LogP contribution in [-0.4, -0.2) is 32.3 Å². The van der Waals surface area contributed by atoms with Gasteiger partial charge in [0, 0.05) is 37.1 Å². The number of rotatable bonds is 10. The predicted octanol–water partition coefficient (Wildman–Crippen LogP) is 2.60. The van der Waals surface area contributed by atoms with Crippen molar-refractivity contribution in [2.45, 2.75) is 33.1 Å². The maximum Gasteiger partial charge on any atom is 0.251 e. The molecular formula is C16H26N2O3. The van der Waals surface area contributed by atoms with E-state index < -0.39 is 0 Å². The van der Waals surface area contributed by atoms with Gasteiger partial charge in [-0.2, -0.15) is 0 Å². The highest BCUT2D eigenvalue weighted by molar-refractivity contribution is 5.95. The number of benzene rings is 1. The number of nitrogen functional groups attached to an aromatic ring is 1. The van der Waals surface area contributed by atoms with Crippen LogP contribution in [0.1, 0.15) is 43.5 Å². The van der Waals surface area contributed by atoms with Crippen molar-refractivity contribution in [3.05, 3.63) is 23.8 Å². The molecule has 5 heteroatoms. The number of nitrogens with two attached hydrogens (primary N) is 1. The van der Waals surface area contributed by atoms with Crippen LogP contribution in [0.4, 0.5) is 5.69 Å². The summed E-state index contributed by atoms with van der Waals surface area (Å²) in [4.78, 5) is 12.0. The molecule has 0 saturated carbocycles. The Labute approximate surface area is 126 Å². The van der Waals surface area contributed by atoms with Gasteiger partial charge >= 0.3 is 0 Å². The fourth-order valence-electron chi connectivity index (χ4n) is 1.83. The minimum Gasteiger partial charge on any atom is -0.494 e. The zero-order chi connectivity index (χ0) is 15.5. The Balaban J connectivity index is 2.34. The van der Waals surface area contributed by atoms with E-state index in [1.54, 1.807) is 18.2 Å². The molecule has 0 heterocycles. The van der Waals surface area contributed by atoms with Crippen LogP contribution in [0.5, 0.6) is 5.75 Å². The van der Waals surface area contributed by atoms with E-state index in [0.29, 0.717) is 36.8 Å². The topological polar surface area (TPSA) is 73.6 Å². The molecule has 1 amide bonds. The van der Waals surface area contributed by atoms with Crippen molar-refractivity contribution in [2.75, 3.05) is 32.1 Å². The van der Waals surface area contributed by atoms with Crippen LogP contribution in [0.15, 0.2) is 18.2 Å². The second kappa shape index (κ2) is 10.0. The third-order valence-electron chi connectivity index (χ3n) is 2.90. The van der Waals surface area contributed by atoms with Crippen LogP contribution < -0.4 is 15.8 Å². The van der Waals surface area contributed by atoms with E-state index in [-0.39, 0.29) is 5.91 Å². The maximum atomic E-state index is 12.0. The van der Waals surface area contributed by atoms with E-state index >= 15 is 0 Å². The Bertz CT molecular complexity index is 436. The Morgan fingerprint density at radius 3 is 2.67 bits per heavy atom. The van der Waals surface area contributed by atoms with Crippen molar-refractivity contribution < 1.29 is 14.3 Å². The average molecular weight is 294 g/mol. The highest BCUT2D eigenvalue weighted by Crippen LogP contribution is 2.18. The number of hydrogen-bond donors (Lipinski definition) is 2. The quantitative estimate of drug-likeness (QED) is 0.514. The van der Waals surface area contributed by atoms with Gasteiger partial charge in [0.15, 0.2) is 0 Å². The molecule has 1 aromatic rings. The van der Waals surface area contributed by atoms with Crippen molar-refractivity contribution in [2.24, 2.45) is 0 Å². The standard InChI is InChI=1S/C16H26N2O3/c1-3-5-8-20-9-6-7-18-16(19)13-10-14(17)12-15(11-13)21-4-2/h10-12H,3-9,17H2,1-2H3,(H,18,19). The highest BCUT2D eigenvalue weighted by Gasteiger charge is 2.08. The van der Waals surface area contributed by atoms with Crippen LogP contribution in [0.2, 0.25) is 0 Å². The van der Waals surface area contributed by atoms with Gasteiger partial charge in [-0.25, -0.2) is 0 Å². The first-order valence-corrected chi connectivity index (χ1v) is 7.56. The van der Waals surface area contributed by atoms with E-state index in [0.717, 1.165) is 25.9 Å². The summed E-state index contributed by atoms with van der Waals surface area (Å²) in [5.41, 5.74) is 6.81. The lowest BCUT2D eigenvalue weighted by Crippen LogP contribution is -2.25. The Morgan fingerprint density at radius 2 is 1.95 bits per heavy atom. The van der Waals surface area contributed by atoms with E-state index in [2.05, 4.69) is 12.2 Å². The smallest absolute Gasteiger partial charge is 0.251 e. The second-order valence-corrected chi connectivity index (χ2v) is 4.80. The van der Waals surface area contributed by atoms with Crippen molar-refractivity contribution in [3.8, 4) is 5.75 Å². The molecule has 118 valence electrons. The van der Waals surface area contributed by atoms with Gasteiger partial charge in [-0.15, -0.1) is 0 Å². The SMILES string of the molecule is CCCCOCCCNC(=O)c1cc(N)cc(OCC)c1. The molecule has 0 bridgehead atoms. The van der Waals surface area contributed by atoms with Gasteiger partial charge in [-0.1, -0.05) is 13.3 Å². The summed E-state index contributed by atoms with van der Waals surface area (Å²) in [6.45, 7) is 6.61. The van der Waals surface area contributed by atoms with Gasteiger partial charge in [0.1, 0.15) is 5.75 Å². The van der Waals surface area contributed by atoms with Gasteiger partial charge in [-0.3, -0.25) is 4.79 Å². The monoisotopic (exact) mass is 294 g/mol. The van der Waals surface area contributed by atoms with Gasteiger partial charge in [0.25, 0.3) is 5.91 Å². The molecule has 3 N–H and O–H groups in total. The molecule has 1 rings (SSSR count). The summed E-state index contributed by atoms with van der Waals surface area (Å²) in [6.07, 6.45) is 3.01. The number of unbranched alkanes of at least 4 members (excludes halogenated alkanes) is 1. The minimum atomic E-state index is -0.142. The Morgan fingerprint density at radius 1 is 1.19 bits per heavy atom. The fraction of sp³-hybridized carbons (Fsp3) is 0.562. The van der Waals surface area contributed by atoms with Crippen LogP contribution in [0, 0.1) is 0 Å². The molecule has 5 nitrogen and oxygen atoms in total. The number of anilines is 1. The van der Waals surface area contributed by atoms with Crippen molar-refractivity contribution in [1.82, 2.24) is 5.32 Å². The molecule has 0 aliphatic rings. The maximum absolute atomic E-state index is 12.0. The summed E-state index contributed by atoms with van der Waals surface area (Å²) in [7, 11) is 0. The third-order valence-corrected chi connectivity index (χ3v) is 2.90. The number of hydrogen-bond acceptors (Lipinski definition) is 4. The number of carbonyl (C=O) groups is 1. The zero-order valence-corrected chi connectivity index (χ0v) is 13.0. The number of ether oxygens (including phenoxy) is 2. The van der Waals surface area contributed by atoms with Crippen molar-refractivity contribution in [3.63, 3.8) is 0 Å². The van der Waals surface area contributed by atoms with E-state index in [9.17, 15) is 4.79 Å². The number of nitrogens with one attached hydrogen (secondary N) is 1. The summed E-state index contributed by atoms with van der Waals surface area (Å²) in [5, 5.41) is 2.86. The van der Waals surface area contributed by atoms with Gasteiger partial charge < -0.3 is 20.5 Å². The summed E-state index contributed by atoms with van der Waals surface area (Å²) in [6, 6.07) is 5.06. The second-order valence-electron chi connectivity index (χ2n) is 4.80. The van der Waals surface area contributed by atoms with E-state index in [1.807, 2.05) is 6.92 Å². The highest BCUT2D eigenvalue weighted by atomic mass is 16.5. The normalized spacial score (nSPS) is 10.4. The molecular weight excluding hydrogens is 268 g/mol. The van der Waals surface area contributed by atoms with Crippen molar-refractivity contribution in [1.29, 1.82) is 0 Å². The first kappa shape index (κ1) is 17.3. The van der Waals surface area contributed by atoms with Crippen LogP contribution in [0.3, 0.4) is 0 Å². The molecule has 1 aromatic carbocycles.